The van der Waals surface area contributed by atoms with Gasteiger partial charge in [0.25, 0.3) is 0 Å². The maximum atomic E-state index is 9.47. The molecule has 0 fully saturated rings. The van der Waals surface area contributed by atoms with Crippen LogP contribution in [0.25, 0.3) is 0 Å². The summed E-state index contributed by atoms with van der Waals surface area (Å²) in [5, 5.41) is 9.47. The highest BCUT2D eigenvalue weighted by molar-refractivity contribution is 4.81. The van der Waals surface area contributed by atoms with Crippen molar-refractivity contribution in [2.45, 2.75) is 123 Å². The molecule has 22 heavy (non-hydrogen) atoms. The smallest absolute Gasteiger partial charge is 0.0537 e. The molecule has 0 aromatic carbocycles. The van der Waals surface area contributed by atoms with E-state index in [9.17, 15) is 5.11 Å². The van der Waals surface area contributed by atoms with E-state index in [1.54, 1.807) is 0 Å². The normalized spacial score (nSPS) is 13.0. The molecule has 0 aliphatic rings. The molecule has 0 bridgehead atoms. The zero-order chi connectivity index (χ0) is 16.3. The molecule has 0 rings (SSSR count). The van der Waals surface area contributed by atoms with E-state index in [2.05, 4.69) is 26.0 Å². The van der Waals surface area contributed by atoms with E-state index in [0.29, 0.717) is 0 Å². The van der Waals surface area contributed by atoms with E-state index in [0.717, 1.165) is 12.8 Å². The molecule has 0 heterocycles. The molecule has 0 saturated carbocycles. The first-order valence-electron chi connectivity index (χ1n) is 10.1. The van der Waals surface area contributed by atoms with Gasteiger partial charge in [0.2, 0.25) is 0 Å². The van der Waals surface area contributed by atoms with Crippen LogP contribution in [-0.2, 0) is 0 Å². The van der Waals surface area contributed by atoms with Crippen molar-refractivity contribution < 1.29 is 5.11 Å². The Bertz CT molecular complexity index is 222. The van der Waals surface area contributed by atoms with Crippen molar-refractivity contribution in [1.82, 2.24) is 0 Å². The van der Waals surface area contributed by atoms with Gasteiger partial charge in [-0.25, -0.2) is 0 Å². The van der Waals surface area contributed by atoms with E-state index in [-0.39, 0.29) is 6.10 Å². The van der Waals surface area contributed by atoms with Gasteiger partial charge in [0, 0.05) is 0 Å². The highest BCUT2D eigenvalue weighted by Crippen LogP contribution is 2.11. The lowest BCUT2D eigenvalue weighted by Gasteiger charge is -2.06. The van der Waals surface area contributed by atoms with E-state index in [1.165, 1.54) is 89.9 Å². The minimum absolute atomic E-state index is 0.0585. The van der Waals surface area contributed by atoms with Gasteiger partial charge >= 0.3 is 0 Å². The van der Waals surface area contributed by atoms with Crippen LogP contribution < -0.4 is 0 Å². The summed E-state index contributed by atoms with van der Waals surface area (Å²) in [5.74, 6) is 0. The fourth-order valence-electron chi connectivity index (χ4n) is 2.83. The van der Waals surface area contributed by atoms with Gasteiger partial charge in [-0.05, 0) is 38.5 Å². The first-order chi connectivity index (χ1) is 10.8. The van der Waals surface area contributed by atoms with Gasteiger partial charge in [-0.1, -0.05) is 90.2 Å². The number of aliphatic hydroxyl groups excluding tert-OH is 1. The Morgan fingerprint density at radius 1 is 0.636 bits per heavy atom. The fraction of sp³-hybridized carbons (Fsp3) is 0.905. The second-order valence-corrected chi connectivity index (χ2v) is 6.79. The lowest BCUT2D eigenvalue weighted by Crippen LogP contribution is -2.03. The number of hydrogen-bond donors (Lipinski definition) is 1. The van der Waals surface area contributed by atoms with Crippen molar-refractivity contribution in [3.05, 3.63) is 12.2 Å². The lowest BCUT2D eigenvalue weighted by atomic mass is 10.0. The van der Waals surface area contributed by atoms with Gasteiger partial charge in [-0.2, -0.15) is 0 Å². The van der Waals surface area contributed by atoms with Crippen LogP contribution in [0.15, 0.2) is 12.2 Å². The van der Waals surface area contributed by atoms with Gasteiger partial charge in [-0.3, -0.25) is 0 Å². The molecule has 0 spiro atoms. The first kappa shape index (κ1) is 21.7. The Kier molecular flexibility index (Phi) is 18.5. The van der Waals surface area contributed by atoms with E-state index >= 15 is 0 Å². The molecule has 0 aliphatic heterocycles. The largest absolute Gasteiger partial charge is 0.393 e. The van der Waals surface area contributed by atoms with E-state index < -0.39 is 0 Å². The van der Waals surface area contributed by atoms with Gasteiger partial charge in [0.05, 0.1) is 6.10 Å². The highest BCUT2D eigenvalue weighted by Gasteiger charge is 1.99. The topological polar surface area (TPSA) is 20.2 Å². The molecule has 0 amide bonds. The summed E-state index contributed by atoms with van der Waals surface area (Å²) >= 11 is 0. The van der Waals surface area contributed by atoms with Crippen molar-refractivity contribution in [3.8, 4) is 0 Å². The summed E-state index contributed by atoms with van der Waals surface area (Å²) < 4.78 is 0. The fourth-order valence-corrected chi connectivity index (χ4v) is 2.83. The molecule has 0 aromatic heterocycles. The summed E-state index contributed by atoms with van der Waals surface area (Å²) in [7, 11) is 0. The van der Waals surface area contributed by atoms with Gasteiger partial charge in [0.1, 0.15) is 0 Å². The molecule has 132 valence electrons. The van der Waals surface area contributed by atoms with Crippen LogP contribution >= 0.6 is 0 Å². The Hall–Kier alpha value is -0.300. The highest BCUT2D eigenvalue weighted by atomic mass is 16.3. The third-order valence-electron chi connectivity index (χ3n) is 4.52. The molecule has 0 saturated heterocycles. The minimum Gasteiger partial charge on any atom is -0.393 e. The van der Waals surface area contributed by atoms with Crippen molar-refractivity contribution >= 4 is 0 Å². The molecule has 0 radical (unpaired) electrons. The molecule has 1 atom stereocenters. The SMILES string of the molecule is CCCCCCCCC=CCCCCCCCCC(O)CC. The summed E-state index contributed by atoms with van der Waals surface area (Å²) in [5.41, 5.74) is 0. The molecular weight excluding hydrogens is 268 g/mol. The Morgan fingerprint density at radius 2 is 1.09 bits per heavy atom. The van der Waals surface area contributed by atoms with Crippen LogP contribution in [0.2, 0.25) is 0 Å². The predicted octanol–water partition coefficient (Wildman–Crippen LogP) is 7.18. The van der Waals surface area contributed by atoms with E-state index in [4.69, 9.17) is 0 Å². The van der Waals surface area contributed by atoms with Crippen LogP contribution in [0.5, 0.6) is 0 Å². The number of aliphatic hydroxyl groups is 1. The summed E-state index contributed by atoms with van der Waals surface area (Å²) in [4.78, 5) is 0. The average Bonchev–Trinajstić information content (AvgIpc) is 2.54. The summed E-state index contributed by atoms with van der Waals surface area (Å²) in [6.45, 7) is 4.34. The molecule has 0 aromatic rings. The first-order valence-corrected chi connectivity index (χ1v) is 10.1. The van der Waals surface area contributed by atoms with Crippen LogP contribution in [0.1, 0.15) is 117 Å². The second-order valence-electron chi connectivity index (χ2n) is 6.79. The average molecular weight is 311 g/mol. The van der Waals surface area contributed by atoms with Crippen molar-refractivity contribution in [1.29, 1.82) is 0 Å². The maximum Gasteiger partial charge on any atom is 0.0537 e. The third-order valence-corrected chi connectivity index (χ3v) is 4.52. The monoisotopic (exact) mass is 310 g/mol. The van der Waals surface area contributed by atoms with Gasteiger partial charge in [0.15, 0.2) is 0 Å². The molecule has 1 N–H and O–H groups in total. The number of unbranched alkanes of at least 4 members (excludes halogenated alkanes) is 12. The minimum atomic E-state index is -0.0585. The Morgan fingerprint density at radius 3 is 1.59 bits per heavy atom. The van der Waals surface area contributed by atoms with Crippen LogP contribution in [0, 0.1) is 0 Å². The Labute approximate surface area is 140 Å². The summed E-state index contributed by atoms with van der Waals surface area (Å²) in [6.07, 6.45) is 25.5. The third kappa shape index (κ3) is 17.8. The zero-order valence-corrected chi connectivity index (χ0v) is 15.5. The summed E-state index contributed by atoms with van der Waals surface area (Å²) in [6, 6.07) is 0. The van der Waals surface area contributed by atoms with E-state index in [1.807, 2.05) is 0 Å². The molecule has 1 unspecified atom stereocenters. The van der Waals surface area contributed by atoms with Crippen LogP contribution in [0.3, 0.4) is 0 Å². The van der Waals surface area contributed by atoms with Crippen molar-refractivity contribution in [3.63, 3.8) is 0 Å². The lowest BCUT2D eigenvalue weighted by molar-refractivity contribution is 0.156. The molecular formula is C21H42O. The second kappa shape index (κ2) is 18.7. The standard InChI is InChI=1S/C21H42O/c1-3-5-6-7-8-9-10-11-12-13-14-15-16-17-18-19-20-21(22)4-2/h11-12,21-22H,3-10,13-20H2,1-2H3. The molecule has 1 heteroatoms. The predicted molar refractivity (Wildman–Crippen MR) is 100 cm³/mol. The Balaban J connectivity index is 3.08. The molecule has 1 nitrogen and oxygen atoms in total. The van der Waals surface area contributed by atoms with Gasteiger partial charge < -0.3 is 5.11 Å². The number of hydrogen-bond acceptors (Lipinski definition) is 1. The maximum absolute atomic E-state index is 9.47. The zero-order valence-electron chi connectivity index (χ0n) is 15.5. The van der Waals surface area contributed by atoms with Gasteiger partial charge in [-0.15, -0.1) is 0 Å². The number of allylic oxidation sites excluding steroid dienone is 2. The number of rotatable bonds is 17. The van der Waals surface area contributed by atoms with Crippen molar-refractivity contribution in [2.24, 2.45) is 0 Å². The molecule has 0 aliphatic carbocycles. The quantitative estimate of drug-likeness (QED) is 0.223. The van der Waals surface area contributed by atoms with Crippen LogP contribution in [-0.4, -0.2) is 11.2 Å². The van der Waals surface area contributed by atoms with Crippen molar-refractivity contribution in [2.75, 3.05) is 0 Å². The van der Waals surface area contributed by atoms with Crippen LogP contribution in [0.4, 0.5) is 0 Å².